The minimum absolute atomic E-state index is 0.327. The number of aliphatic imine (C=N–C) groups is 1. The quantitative estimate of drug-likeness (QED) is 0.369. The van der Waals surface area contributed by atoms with Gasteiger partial charge >= 0.3 is 15.2 Å². The van der Waals surface area contributed by atoms with Crippen molar-refractivity contribution in [1.29, 1.82) is 0 Å². The highest BCUT2D eigenvalue weighted by Crippen LogP contribution is 2.67. The molecule has 0 amide bonds. The van der Waals surface area contributed by atoms with E-state index in [-0.39, 0.29) is 0 Å². The average Bonchev–Trinajstić information content (AvgIpc) is 2.69. The first-order valence-electron chi connectivity index (χ1n) is 6.10. The lowest BCUT2D eigenvalue weighted by Gasteiger charge is -2.31. The molecule has 1 rings (SSSR count). The lowest BCUT2D eigenvalue weighted by atomic mass is 10.3. The molecule has 0 aromatic carbocycles. The van der Waals surface area contributed by atoms with Gasteiger partial charge in [-0.1, -0.05) is 0 Å². The molecule has 0 aromatic heterocycles. The second-order valence-electron chi connectivity index (χ2n) is 4.86. The standard InChI is InChI=1S/C9H20N2O8P2/c1-7(5-11-4-3-10-8(11)2)19-6-9(12,20(13,14)15)21(16,17)18/h7,12H,3-6H2,1-2H3,(H2,13,14,15)(H2,16,17,18). The highest BCUT2D eigenvalue weighted by atomic mass is 31.2. The van der Waals surface area contributed by atoms with Gasteiger partial charge in [0.05, 0.1) is 25.1 Å². The summed E-state index contributed by atoms with van der Waals surface area (Å²) in [5.74, 6) is 0.783. The van der Waals surface area contributed by atoms with Crippen molar-refractivity contribution >= 4 is 21.0 Å². The van der Waals surface area contributed by atoms with E-state index in [1.54, 1.807) is 13.8 Å². The van der Waals surface area contributed by atoms with Crippen molar-refractivity contribution in [2.75, 3.05) is 26.2 Å². The van der Waals surface area contributed by atoms with Gasteiger partial charge in [0.1, 0.15) is 0 Å². The predicted molar refractivity (Wildman–Crippen MR) is 74.0 cm³/mol. The summed E-state index contributed by atoms with van der Waals surface area (Å²) in [5.41, 5.74) is 0. The molecular weight excluding hydrogens is 326 g/mol. The summed E-state index contributed by atoms with van der Waals surface area (Å²) in [5, 5.41) is 6.12. The molecule has 0 bridgehead atoms. The summed E-state index contributed by atoms with van der Waals surface area (Å²) in [7, 11) is -11.0. The SMILES string of the molecule is CC1=NCCN1CC(C)OCC(O)(P(=O)(O)O)P(=O)(O)O. The second kappa shape index (κ2) is 6.44. The van der Waals surface area contributed by atoms with Crippen LogP contribution >= 0.6 is 15.2 Å². The van der Waals surface area contributed by atoms with Gasteiger partial charge in [0.25, 0.3) is 5.08 Å². The molecule has 1 aliphatic heterocycles. The van der Waals surface area contributed by atoms with E-state index < -0.39 is 33.0 Å². The topological polar surface area (TPSA) is 160 Å². The summed E-state index contributed by atoms with van der Waals surface area (Å²) < 4.78 is 27.3. The number of rotatable bonds is 7. The highest BCUT2D eigenvalue weighted by molar-refractivity contribution is 7.72. The van der Waals surface area contributed by atoms with E-state index >= 15 is 0 Å². The molecule has 0 aromatic rings. The van der Waals surface area contributed by atoms with Crippen LogP contribution in [0.3, 0.4) is 0 Å². The zero-order valence-corrected chi connectivity index (χ0v) is 13.4. The summed E-state index contributed by atoms with van der Waals surface area (Å²) in [4.78, 5) is 41.9. The molecular formula is C9H20N2O8P2. The van der Waals surface area contributed by atoms with Gasteiger partial charge in [0, 0.05) is 13.1 Å². The zero-order chi connectivity index (χ0) is 16.5. The molecule has 0 saturated heterocycles. The molecule has 1 aliphatic rings. The Kier molecular flexibility index (Phi) is 5.74. The highest BCUT2D eigenvalue weighted by Gasteiger charge is 2.60. The zero-order valence-electron chi connectivity index (χ0n) is 11.7. The van der Waals surface area contributed by atoms with Crippen LogP contribution in [0.15, 0.2) is 4.99 Å². The maximum absolute atomic E-state index is 11.2. The van der Waals surface area contributed by atoms with E-state index in [0.717, 1.165) is 5.84 Å². The van der Waals surface area contributed by atoms with Gasteiger partial charge in [-0.15, -0.1) is 0 Å². The van der Waals surface area contributed by atoms with Crippen molar-refractivity contribution in [3.63, 3.8) is 0 Å². The Bertz CT molecular complexity index is 476. The fraction of sp³-hybridized carbons (Fsp3) is 0.889. The molecule has 5 N–H and O–H groups in total. The lowest BCUT2D eigenvalue weighted by Crippen LogP contribution is -2.39. The van der Waals surface area contributed by atoms with Crippen LogP contribution < -0.4 is 0 Å². The van der Waals surface area contributed by atoms with E-state index in [4.69, 9.17) is 24.3 Å². The first kappa shape index (κ1) is 18.7. The minimum atomic E-state index is -5.48. The van der Waals surface area contributed by atoms with Crippen LogP contribution in [0, 0.1) is 0 Å². The minimum Gasteiger partial charge on any atom is -0.372 e. The van der Waals surface area contributed by atoms with Crippen molar-refractivity contribution in [3.05, 3.63) is 0 Å². The third-order valence-electron chi connectivity index (χ3n) is 3.14. The number of nitrogens with zero attached hydrogens (tertiary/aromatic N) is 2. The number of hydrogen-bond acceptors (Lipinski definition) is 6. The third-order valence-corrected chi connectivity index (χ3v) is 6.83. The Morgan fingerprint density at radius 3 is 2.24 bits per heavy atom. The molecule has 0 spiro atoms. The number of aliphatic hydroxyl groups is 1. The van der Waals surface area contributed by atoms with Crippen LogP contribution in [0.4, 0.5) is 0 Å². The monoisotopic (exact) mass is 346 g/mol. The first-order chi connectivity index (χ1) is 9.38. The molecule has 10 nitrogen and oxygen atoms in total. The Balaban J connectivity index is 2.68. The van der Waals surface area contributed by atoms with Gasteiger partial charge in [-0.3, -0.25) is 14.1 Å². The lowest BCUT2D eigenvalue weighted by molar-refractivity contribution is -0.0141. The first-order valence-corrected chi connectivity index (χ1v) is 9.32. The molecule has 1 atom stereocenters. The molecule has 0 aliphatic carbocycles. The van der Waals surface area contributed by atoms with E-state index in [1.807, 2.05) is 4.90 Å². The Labute approximate surface area is 121 Å². The van der Waals surface area contributed by atoms with Crippen molar-refractivity contribution in [1.82, 2.24) is 4.90 Å². The number of ether oxygens (including phenoxy) is 1. The van der Waals surface area contributed by atoms with Crippen LogP contribution in [0.5, 0.6) is 0 Å². The van der Waals surface area contributed by atoms with Gasteiger partial charge in [-0.25, -0.2) is 0 Å². The predicted octanol–water partition coefficient (Wildman–Crippen LogP) is -0.873. The molecule has 1 heterocycles. The van der Waals surface area contributed by atoms with Crippen molar-refractivity contribution in [3.8, 4) is 0 Å². The van der Waals surface area contributed by atoms with Gasteiger partial charge in [0.15, 0.2) is 0 Å². The maximum atomic E-state index is 11.2. The summed E-state index contributed by atoms with van der Waals surface area (Å²) in [6.07, 6.45) is -0.613. The molecule has 12 heteroatoms. The fourth-order valence-corrected chi connectivity index (χ4v) is 3.62. The maximum Gasteiger partial charge on any atom is 0.371 e. The van der Waals surface area contributed by atoms with Gasteiger partial charge in [-0.2, -0.15) is 0 Å². The molecule has 0 fully saturated rings. The van der Waals surface area contributed by atoms with Crippen LogP contribution in [-0.4, -0.2) is 72.8 Å². The molecule has 0 saturated carbocycles. The van der Waals surface area contributed by atoms with Gasteiger partial charge in [-0.05, 0) is 13.8 Å². The van der Waals surface area contributed by atoms with Crippen LogP contribution in [0.1, 0.15) is 13.8 Å². The van der Waals surface area contributed by atoms with Gasteiger partial charge in [0.2, 0.25) is 0 Å². The Morgan fingerprint density at radius 1 is 1.33 bits per heavy atom. The Morgan fingerprint density at radius 2 is 1.86 bits per heavy atom. The largest absolute Gasteiger partial charge is 0.372 e. The second-order valence-corrected chi connectivity index (χ2v) is 8.87. The van der Waals surface area contributed by atoms with E-state index in [0.29, 0.717) is 19.6 Å². The summed E-state index contributed by atoms with van der Waals surface area (Å²) in [6, 6.07) is 0. The molecule has 124 valence electrons. The molecule has 21 heavy (non-hydrogen) atoms. The number of amidine groups is 1. The van der Waals surface area contributed by atoms with Crippen LogP contribution in [0.25, 0.3) is 0 Å². The van der Waals surface area contributed by atoms with Crippen LogP contribution in [0.2, 0.25) is 0 Å². The van der Waals surface area contributed by atoms with Crippen molar-refractivity contribution in [2.45, 2.75) is 25.0 Å². The van der Waals surface area contributed by atoms with Crippen LogP contribution in [-0.2, 0) is 13.9 Å². The fourth-order valence-electron chi connectivity index (χ4n) is 1.77. The third kappa shape index (κ3) is 4.34. The van der Waals surface area contributed by atoms with Gasteiger partial charge < -0.3 is 34.3 Å². The van der Waals surface area contributed by atoms with E-state index in [9.17, 15) is 14.2 Å². The number of hydrogen-bond donors (Lipinski definition) is 5. The normalized spacial score (nSPS) is 18.8. The smallest absolute Gasteiger partial charge is 0.371 e. The average molecular weight is 346 g/mol. The van der Waals surface area contributed by atoms with Crippen molar-refractivity contribution < 1.29 is 38.5 Å². The Hall–Kier alpha value is -0.310. The summed E-state index contributed by atoms with van der Waals surface area (Å²) >= 11 is 0. The van der Waals surface area contributed by atoms with E-state index in [1.165, 1.54) is 0 Å². The molecule has 1 unspecified atom stereocenters. The summed E-state index contributed by atoms with van der Waals surface area (Å²) in [6.45, 7) is 3.81. The van der Waals surface area contributed by atoms with E-state index in [2.05, 4.69) is 4.99 Å². The van der Waals surface area contributed by atoms with Crippen molar-refractivity contribution in [2.24, 2.45) is 4.99 Å². The molecule has 0 radical (unpaired) electrons.